The molecule has 0 fully saturated rings. The van der Waals surface area contributed by atoms with Gasteiger partial charge in [0.15, 0.2) is 0 Å². The van der Waals surface area contributed by atoms with Crippen molar-refractivity contribution in [1.29, 1.82) is 0 Å². The molecule has 1 heterocycles. The first kappa shape index (κ1) is 16.3. The molecule has 0 aliphatic carbocycles. The van der Waals surface area contributed by atoms with Gasteiger partial charge in [0.25, 0.3) is 17.5 Å². The van der Waals surface area contributed by atoms with Crippen molar-refractivity contribution >= 4 is 28.4 Å². The summed E-state index contributed by atoms with van der Waals surface area (Å²) in [5.41, 5.74) is 2.79. The molecule has 3 aromatic rings. The maximum Gasteiger partial charge on any atom is 0.282 e. The molecule has 3 rings (SSSR count). The lowest BCUT2D eigenvalue weighted by Gasteiger charge is -2.08. The number of nitrogens with zero attached hydrogens (tertiary/aromatic N) is 2. The Bertz CT molecular complexity index is 1020. The molecule has 25 heavy (non-hydrogen) atoms. The molecule has 0 bridgehead atoms. The number of nitro groups is 1. The van der Waals surface area contributed by atoms with Crippen LogP contribution in [-0.2, 0) is 0 Å². The van der Waals surface area contributed by atoms with Crippen molar-refractivity contribution < 1.29 is 14.5 Å². The van der Waals surface area contributed by atoms with E-state index in [1.165, 1.54) is 22.8 Å². The molecule has 0 unspecified atom stereocenters. The molecule has 8 heteroatoms. The first-order valence-corrected chi connectivity index (χ1v) is 7.36. The summed E-state index contributed by atoms with van der Waals surface area (Å²) in [6.45, 7) is 1.59. The van der Waals surface area contributed by atoms with Crippen LogP contribution in [0, 0.1) is 17.0 Å². The minimum absolute atomic E-state index is 0.0592. The summed E-state index contributed by atoms with van der Waals surface area (Å²) >= 11 is 0. The van der Waals surface area contributed by atoms with E-state index in [9.17, 15) is 19.7 Å². The topological polar surface area (TPSA) is 120 Å². The van der Waals surface area contributed by atoms with Crippen LogP contribution in [0.15, 0.2) is 48.5 Å². The minimum atomic E-state index is -0.609. The summed E-state index contributed by atoms with van der Waals surface area (Å²) in [7, 11) is 0. The molecule has 8 nitrogen and oxygen atoms in total. The number of fused-ring (bicyclic) bond motifs is 1. The van der Waals surface area contributed by atoms with Gasteiger partial charge in [-0.15, -0.1) is 0 Å². The number of hydrazine groups is 1. The summed E-state index contributed by atoms with van der Waals surface area (Å²) < 4.78 is 1.29. The molecular weight excluding hydrogens is 324 g/mol. The van der Waals surface area contributed by atoms with Gasteiger partial charge in [0, 0.05) is 17.1 Å². The van der Waals surface area contributed by atoms with Crippen LogP contribution in [-0.4, -0.2) is 21.3 Å². The van der Waals surface area contributed by atoms with Crippen molar-refractivity contribution in [3.63, 3.8) is 0 Å². The lowest BCUT2D eigenvalue weighted by molar-refractivity contribution is -0.385. The molecule has 3 N–H and O–H groups in total. The number of nitro benzene ring substituents is 1. The van der Waals surface area contributed by atoms with E-state index in [0.717, 1.165) is 0 Å². The number of benzene rings is 2. The molecule has 0 saturated heterocycles. The van der Waals surface area contributed by atoms with Gasteiger partial charge in [0.1, 0.15) is 5.56 Å². The minimum Gasteiger partial charge on any atom is -0.290 e. The van der Waals surface area contributed by atoms with Gasteiger partial charge in [0.05, 0.1) is 16.0 Å². The lowest BCUT2D eigenvalue weighted by atomic mass is 10.1. The zero-order valence-electron chi connectivity index (χ0n) is 13.2. The molecule has 0 radical (unpaired) electrons. The number of hydrogen-bond donors (Lipinski definition) is 2. The van der Waals surface area contributed by atoms with Crippen LogP contribution < -0.4 is 11.3 Å². The summed E-state index contributed by atoms with van der Waals surface area (Å²) in [6, 6.07) is 12.5. The number of carbonyl (C=O) groups is 2. The number of aromatic nitrogens is 1. The highest BCUT2D eigenvalue weighted by molar-refractivity contribution is 6.13. The van der Waals surface area contributed by atoms with Gasteiger partial charge in [-0.25, -0.2) is 5.84 Å². The fraction of sp³-hybridized carbons (Fsp3) is 0.0588. The zero-order chi connectivity index (χ0) is 18.1. The smallest absolute Gasteiger partial charge is 0.282 e. The number of hydrogen-bond acceptors (Lipinski definition) is 5. The Hall–Kier alpha value is -3.52. The molecule has 0 spiro atoms. The van der Waals surface area contributed by atoms with Gasteiger partial charge >= 0.3 is 0 Å². The summed E-state index contributed by atoms with van der Waals surface area (Å²) in [5, 5.41) is 11.8. The number of rotatable bonds is 3. The lowest BCUT2D eigenvalue weighted by Crippen LogP contribution is -2.30. The molecule has 126 valence electrons. The van der Waals surface area contributed by atoms with E-state index < -0.39 is 16.7 Å². The Morgan fingerprint density at radius 2 is 1.76 bits per heavy atom. The largest absolute Gasteiger partial charge is 0.290 e. The molecule has 0 aliphatic rings. The number of para-hydroxylation sites is 2. The van der Waals surface area contributed by atoms with Crippen molar-refractivity contribution in [2.45, 2.75) is 6.92 Å². The highest BCUT2D eigenvalue weighted by Gasteiger charge is 2.27. The predicted molar refractivity (Wildman–Crippen MR) is 91.2 cm³/mol. The number of nitrogens with one attached hydrogen (secondary N) is 1. The first-order chi connectivity index (χ1) is 12.0. The standard InChI is InChI=1S/C17H14N4O4/c1-10-15(16(22)19-18)11-6-2-4-8-13(11)20(10)17(23)12-7-3-5-9-14(12)21(24)25/h2-9H,18H2,1H3,(H,19,22). The fourth-order valence-electron chi connectivity index (χ4n) is 2.92. The second kappa shape index (κ2) is 6.17. The van der Waals surface area contributed by atoms with E-state index in [1.54, 1.807) is 37.3 Å². The van der Waals surface area contributed by atoms with Gasteiger partial charge in [-0.05, 0) is 19.1 Å². The van der Waals surface area contributed by atoms with E-state index in [4.69, 9.17) is 5.84 Å². The van der Waals surface area contributed by atoms with Gasteiger partial charge in [0.2, 0.25) is 0 Å². The van der Waals surface area contributed by atoms with Crippen LogP contribution in [0.5, 0.6) is 0 Å². The molecule has 2 aromatic carbocycles. The average molecular weight is 338 g/mol. The third kappa shape index (κ3) is 2.54. The molecule has 0 atom stereocenters. The Morgan fingerprint density at radius 3 is 2.44 bits per heavy atom. The fourth-order valence-corrected chi connectivity index (χ4v) is 2.92. The summed E-state index contributed by atoms with van der Waals surface area (Å²) in [4.78, 5) is 35.8. The zero-order valence-corrected chi connectivity index (χ0v) is 13.2. The predicted octanol–water partition coefficient (Wildman–Crippen LogP) is 2.15. The monoisotopic (exact) mass is 338 g/mol. The molecule has 0 aliphatic heterocycles. The molecule has 1 amide bonds. The van der Waals surface area contributed by atoms with Gasteiger partial charge in [-0.1, -0.05) is 30.3 Å². The van der Waals surface area contributed by atoms with E-state index in [2.05, 4.69) is 5.43 Å². The van der Waals surface area contributed by atoms with Crippen LogP contribution in [0.4, 0.5) is 5.69 Å². The van der Waals surface area contributed by atoms with Crippen LogP contribution in [0.25, 0.3) is 10.9 Å². The van der Waals surface area contributed by atoms with Crippen LogP contribution in [0.2, 0.25) is 0 Å². The third-order valence-corrected chi connectivity index (χ3v) is 4.00. The quantitative estimate of drug-likeness (QED) is 0.328. The van der Waals surface area contributed by atoms with Crippen molar-refractivity contribution in [1.82, 2.24) is 9.99 Å². The van der Waals surface area contributed by atoms with Gasteiger partial charge in [-0.3, -0.25) is 29.7 Å². The number of nitrogens with two attached hydrogens (primary N) is 1. The highest BCUT2D eigenvalue weighted by atomic mass is 16.6. The van der Waals surface area contributed by atoms with Crippen molar-refractivity contribution in [3.8, 4) is 0 Å². The van der Waals surface area contributed by atoms with Crippen LogP contribution in [0.1, 0.15) is 26.4 Å². The Kier molecular flexibility index (Phi) is 4.04. The highest BCUT2D eigenvalue weighted by Crippen LogP contribution is 2.28. The van der Waals surface area contributed by atoms with Crippen molar-refractivity contribution in [3.05, 3.63) is 75.5 Å². The van der Waals surface area contributed by atoms with E-state index in [-0.39, 0.29) is 16.8 Å². The van der Waals surface area contributed by atoms with E-state index in [0.29, 0.717) is 16.6 Å². The molecule has 1 aromatic heterocycles. The Balaban J connectivity index is 2.30. The molecule has 0 saturated carbocycles. The maximum absolute atomic E-state index is 13.0. The van der Waals surface area contributed by atoms with Gasteiger partial charge < -0.3 is 0 Å². The third-order valence-electron chi connectivity index (χ3n) is 4.00. The van der Waals surface area contributed by atoms with Gasteiger partial charge in [-0.2, -0.15) is 0 Å². The van der Waals surface area contributed by atoms with Crippen molar-refractivity contribution in [2.24, 2.45) is 5.84 Å². The normalized spacial score (nSPS) is 10.6. The number of amides is 1. The number of nitrogen functional groups attached to an aromatic ring is 1. The van der Waals surface area contributed by atoms with E-state index >= 15 is 0 Å². The average Bonchev–Trinajstić information content (AvgIpc) is 2.92. The SMILES string of the molecule is Cc1c(C(=O)NN)c2ccccc2n1C(=O)c1ccccc1[N+](=O)[O-]. The summed E-state index contributed by atoms with van der Waals surface area (Å²) in [5.74, 6) is 4.12. The summed E-state index contributed by atoms with van der Waals surface area (Å²) in [6.07, 6.45) is 0. The number of carbonyl (C=O) groups excluding carboxylic acids is 2. The Labute approximate surface area is 142 Å². The first-order valence-electron chi connectivity index (χ1n) is 7.36. The van der Waals surface area contributed by atoms with E-state index in [1.807, 2.05) is 0 Å². The Morgan fingerprint density at radius 1 is 1.12 bits per heavy atom. The van der Waals surface area contributed by atoms with Crippen LogP contribution >= 0.6 is 0 Å². The maximum atomic E-state index is 13.0. The second-order valence-electron chi connectivity index (χ2n) is 5.37. The van der Waals surface area contributed by atoms with Crippen LogP contribution in [0.3, 0.4) is 0 Å². The molecular formula is C17H14N4O4. The van der Waals surface area contributed by atoms with Crippen molar-refractivity contribution in [2.75, 3.05) is 0 Å². The second-order valence-corrected chi connectivity index (χ2v) is 5.37.